The van der Waals surface area contributed by atoms with Crippen molar-refractivity contribution in [1.82, 2.24) is 24.6 Å². The van der Waals surface area contributed by atoms with Gasteiger partial charge in [-0.2, -0.15) is 23.3 Å². The molecule has 1 fully saturated rings. The number of benzene rings is 2. The van der Waals surface area contributed by atoms with Crippen LogP contribution in [0.5, 0.6) is 5.75 Å². The van der Waals surface area contributed by atoms with Crippen LogP contribution < -0.4 is 25.6 Å². The van der Waals surface area contributed by atoms with Crippen molar-refractivity contribution in [2.45, 2.75) is 13.1 Å². The first-order chi connectivity index (χ1) is 22.8. The van der Waals surface area contributed by atoms with Crippen molar-refractivity contribution in [2.24, 2.45) is 7.05 Å². The third kappa shape index (κ3) is 7.43. The molecule has 0 unspecified atom stereocenters. The molecule has 2 aromatic heterocycles. The molecule has 256 valence electrons. The van der Waals surface area contributed by atoms with Gasteiger partial charge in [-0.05, 0) is 41.1 Å². The first-order valence-corrected chi connectivity index (χ1v) is 16.8. The molecule has 0 saturated carbocycles. The summed E-state index contributed by atoms with van der Waals surface area (Å²) in [5.74, 6) is -0.890. The van der Waals surface area contributed by atoms with Crippen LogP contribution in [0.4, 0.5) is 42.0 Å². The minimum absolute atomic E-state index is 0.0947. The lowest BCUT2D eigenvalue weighted by molar-refractivity contribution is -0.185. The zero-order valence-electron chi connectivity index (χ0n) is 26.6. The van der Waals surface area contributed by atoms with E-state index in [0.29, 0.717) is 38.4 Å². The van der Waals surface area contributed by atoms with E-state index >= 15 is 0 Å². The van der Waals surface area contributed by atoms with Gasteiger partial charge in [-0.1, -0.05) is 11.6 Å². The highest BCUT2D eigenvalue weighted by Gasteiger charge is 2.43. The van der Waals surface area contributed by atoms with Crippen LogP contribution in [0.25, 0.3) is 11.1 Å². The van der Waals surface area contributed by atoms with Gasteiger partial charge in [0.05, 0.1) is 34.5 Å². The lowest BCUT2D eigenvalue weighted by atomic mass is 10.0. The van der Waals surface area contributed by atoms with Gasteiger partial charge in [0, 0.05) is 82.7 Å². The van der Waals surface area contributed by atoms with Gasteiger partial charge >= 0.3 is 19.7 Å². The first kappa shape index (κ1) is 35.1. The average molecular weight is 754 g/mol. The number of hydrogen-bond acceptors (Lipinski definition) is 11. The number of anilines is 5. The average Bonchev–Trinajstić information content (AvgIpc) is 3.51. The highest BCUT2D eigenvalue weighted by Crippen LogP contribution is 2.48. The maximum Gasteiger partial charge on any atom is 0.471 e. The number of methoxy groups -OCH3 is 1. The summed E-state index contributed by atoms with van der Waals surface area (Å²) in [6.07, 6.45) is 0.105. The summed E-state index contributed by atoms with van der Waals surface area (Å²) in [5, 5.41) is 11.0. The monoisotopic (exact) mass is 752 g/mol. The van der Waals surface area contributed by atoms with Gasteiger partial charge in [0.25, 0.3) is 0 Å². The normalized spacial score (nSPS) is 13.9. The fraction of sp³-hybridized carbons (Fsp3) is 0.333. The van der Waals surface area contributed by atoms with E-state index in [-0.39, 0.29) is 32.1 Å². The quantitative estimate of drug-likeness (QED) is 0.191. The molecule has 0 aliphatic carbocycles. The third-order valence-corrected chi connectivity index (χ3v) is 10.2. The van der Waals surface area contributed by atoms with Gasteiger partial charge in [0.15, 0.2) is 0 Å². The number of halogens is 4. The number of aromatic nitrogens is 4. The van der Waals surface area contributed by atoms with E-state index in [9.17, 15) is 22.5 Å². The predicted octanol–water partition coefficient (Wildman–Crippen LogP) is 5.77. The van der Waals surface area contributed by atoms with Crippen LogP contribution >= 0.6 is 23.5 Å². The Morgan fingerprint density at radius 3 is 2.31 bits per heavy atom. The molecule has 0 bridgehead atoms. The number of hydrogen-bond donors (Lipinski definition) is 2. The van der Waals surface area contributed by atoms with Crippen molar-refractivity contribution in [3.8, 4) is 16.9 Å². The summed E-state index contributed by atoms with van der Waals surface area (Å²) in [7, 11) is 2.26. The van der Waals surface area contributed by atoms with Crippen LogP contribution in [-0.2, 0) is 25.5 Å². The minimum atomic E-state index is -4.93. The zero-order valence-corrected chi connectivity index (χ0v) is 29.1. The van der Waals surface area contributed by atoms with Crippen LogP contribution in [0, 0.1) is 6.92 Å². The summed E-state index contributed by atoms with van der Waals surface area (Å²) >= 11 is 3.47. The summed E-state index contributed by atoms with van der Waals surface area (Å²) in [6.45, 7) is 2.02. The molecule has 0 spiro atoms. The Labute approximate surface area is 283 Å². The molecule has 1 aliphatic heterocycles. The maximum absolute atomic E-state index is 13.3. The highest BCUT2D eigenvalue weighted by molar-refractivity contribution is 9.10. The molecular weight excluding hydrogens is 720 g/mol. The number of ether oxygens (including phenoxy) is 1. The van der Waals surface area contributed by atoms with E-state index < -0.39 is 19.7 Å². The number of nitrogens with zero attached hydrogens (tertiary/aromatic N) is 6. The molecule has 1 aliphatic rings. The van der Waals surface area contributed by atoms with Crippen LogP contribution in [0.3, 0.4) is 0 Å². The van der Waals surface area contributed by atoms with Gasteiger partial charge in [-0.15, -0.1) is 0 Å². The Morgan fingerprint density at radius 1 is 1.00 bits per heavy atom. The molecule has 2 N–H and O–H groups in total. The molecule has 1 amide bonds. The van der Waals surface area contributed by atoms with Crippen LogP contribution in [0.2, 0.25) is 0 Å². The summed E-state index contributed by atoms with van der Waals surface area (Å²) in [5.41, 5.74) is 3.96. The third-order valence-electron chi connectivity index (χ3n) is 7.66. The van der Waals surface area contributed by atoms with Crippen LogP contribution in [0.15, 0.2) is 53.4 Å². The van der Waals surface area contributed by atoms with E-state index in [1.165, 1.54) is 21.3 Å². The standard InChI is InChI=1S/C30H33BrF3N8O5P/c1-18-6-7-22(26(12-18)48(44,46-4)47-5)37-27-21(31)16-35-29(39-27)38-23-13-20(19-15-36-40(2)17-19)24(14-25(23)45-3)41-8-10-42(11-9-41)28(43)30(32,33)34/h6-7,12-17H,8-11H2,1-5H3,(H2,35,37,38,39). The number of carbonyl (C=O) groups excluding carboxylic acids is 1. The zero-order chi connectivity index (χ0) is 34.8. The van der Waals surface area contributed by atoms with E-state index in [1.807, 2.05) is 30.2 Å². The Balaban J connectivity index is 1.48. The smallest absolute Gasteiger partial charge is 0.471 e. The topological polar surface area (TPSA) is 136 Å². The molecule has 0 atom stereocenters. The second-order valence-corrected chi connectivity index (χ2v) is 13.8. The number of carbonyl (C=O) groups is 1. The lowest BCUT2D eigenvalue weighted by Gasteiger charge is -2.37. The van der Waals surface area contributed by atoms with Gasteiger partial charge in [-0.3, -0.25) is 14.0 Å². The summed E-state index contributed by atoms with van der Waals surface area (Å²) < 4.78 is 70.9. The van der Waals surface area contributed by atoms with Crippen molar-refractivity contribution >= 4 is 63.6 Å². The van der Waals surface area contributed by atoms with Crippen molar-refractivity contribution in [1.29, 1.82) is 0 Å². The van der Waals surface area contributed by atoms with Crippen LogP contribution in [-0.4, -0.2) is 84.2 Å². The second-order valence-electron chi connectivity index (χ2n) is 10.8. The Morgan fingerprint density at radius 2 is 1.71 bits per heavy atom. The Hall–Kier alpha value is -4.18. The van der Waals surface area contributed by atoms with E-state index in [4.69, 9.17) is 13.8 Å². The number of piperazine rings is 1. The first-order valence-electron chi connectivity index (χ1n) is 14.5. The number of aryl methyl sites for hydroxylation is 2. The minimum Gasteiger partial charge on any atom is -0.494 e. The molecule has 18 heteroatoms. The second kappa shape index (κ2) is 14.1. The van der Waals surface area contributed by atoms with Gasteiger partial charge in [0.2, 0.25) is 5.95 Å². The van der Waals surface area contributed by atoms with Crippen molar-refractivity contribution in [2.75, 3.05) is 63.0 Å². The molecule has 2 aromatic carbocycles. The maximum atomic E-state index is 13.3. The van der Waals surface area contributed by atoms with E-state index in [1.54, 1.807) is 42.3 Å². The van der Waals surface area contributed by atoms with Gasteiger partial charge in [0.1, 0.15) is 11.6 Å². The fourth-order valence-corrected chi connectivity index (χ4v) is 6.85. The summed E-state index contributed by atoms with van der Waals surface area (Å²) in [4.78, 5) is 23.6. The number of rotatable bonds is 10. The van der Waals surface area contributed by atoms with E-state index in [2.05, 4.69) is 41.6 Å². The molecule has 1 saturated heterocycles. The highest BCUT2D eigenvalue weighted by atomic mass is 79.9. The molecule has 0 radical (unpaired) electrons. The fourth-order valence-electron chi connectivity index (χ4n) is 5.23. The van der Waals surface area contributed by atoms with Gasteiger partial charge < -0.3 is 34.2 Å². The van der Waals surface area contributed by atoms with Crippen LogP contribution in [0.1, 0.15) is 5.56 Å². The summed E-state index contributed by atoms with van der Waals surface area (Å²) in [6, 6.07) is 8.90. The number of alkyl halides is 3. The van der Waals surface area contributed by atoms with Crippen molar-refractivity contribution < 1.29 is 36.3 Å². The molecule has 3 heterocycles. The number of nitrogens with one attached hydrogen (secondary N) is 2. The molecule has 5 rings (SSSR count). The lowest BCUT2D eigenvalue weighted by Crippen LogP contribution is -2.52. The van der Waals surface area contributed by atoms with Crippen molar-refractivity contribution in [3.63, 3.8) is 0 Å². The Bertz CT molecular complexity index is 1860. The van der Waals surface area contributed by atoms with Crippen molar-refractivity contribution in [3.05, 3.63) is 59.0 Å². The largest absolute Gasteiger partial charge is 0.494 e. The molecular formula is C30H33BrF3N8O5P. The predicted molar refractivity (Wildman–Crippen MR) is 179 cm³/mol. The van der Waals surface area contributed by atoms with E-state index in [0.717, 1.165) is 21.6 Å². The van der Waals surface area contributed by atoms with Gasteiger partial charge in [-0.25, -0.2) is 4.98 Å². The SMILES string of the molecule is COc1cc(N2CCN(C(=O)C(F)(F)F)CC2)c(-c2cnn(C)c2)cc1Nc1ncc(Br)c(Nc2ccc(C)cc2P(=O)(OC)OC)n1. The molecule has 48 heavy (non-hydrogen) atoms. The molecule has 4 aromatic rings. The molecule has 13 nitrogen and oxygen atoms in total. The number of amides is 1. The Kier molecular flexibility index (Phi) is 10.3.